The van der Waals surface area contributed by atoms with E-state index < -0.39 is 6.04 Å². The van der Waals surface area contributed by atoms with Gasteiger partial charge < -0.3 is 5.32 Å². The van der Waals surface area contributed by atoms with Gasteiger partial charge in [-0.3, -0.25) is 14.5 Å². The van der Waals surface area contributed by atoms with Crippen LogP contribution < -0.4 is 10.2 Å². The van der Waals surface area contributed by atoms with Crippen molar-refractivity contribution in [2.24, 2.45) is 0 Å². The highest BCUT2D eigenvalue weighted by atomic mass is 32.1. The van der Waals surface area contributed by atoms with Crippen molar-refractivity contribution in [2.45, 2.75) is 51.6 Å². The summed E-state index contributed by atoms with van der Waals surface area (Å²) in [6.07, 6.45) is 4.21. The molecular weight excluding hydrogens is 416 g/mol. The van der Waals surface area contributed by atoms with E-state index in [1.165, 1.54) is 11.3 Å². The Hall–Kier alpha value is -2.58. The molecule has 8 heteroatoms. The topological polar surface area (TPSA) is 75.2 Å². The molecule has 1 unspecified atom stereocenters. The molecule has 0 saturated heterocycles. The fourth-order valence-electron chi connectivity index (χ4n) is 3.84. The lowest BCUT2D eigenvalue weighted by Gasteiger charge is -2.31. The average molecular weight is 441 g/mol. The number of anilines is 1. The molecule has 1 saturated carbocycles. The van der Waals surface area contributed by atoms with Gasteiger partial charge in [-0.15, -0.1) is 16.4 Å². The number of carbonyl (C=O) groups is 2. The number of benzene rings is 1. The maximum absolute atomic E-state index is 13.6. The minimum Gasteiger partial charge on any atom is -0.351 e. The molecule has 2 aromatic heterocycles. The number of rotatable bonds is 6. The largest absolute Gasteiger partial charge is 0.351 e. The molecule has 3 aromatic rings. The Morgan fingerprint density at radius 2 is 1.87 bits per heavy atom. The van der Waals surface area contributed by atoms with Gasteiger partial charge in [-0.1, -0.05) is 35.0 Å². The molecule has 30 heavy (non-hydrogen) atoms. The highest BCUT2D eigenvalue weighted by Crippen LogP contribution is 2.35. The predicted molar refractivity (Wildman–Crippen MR) is 120 cm³/mol. The van der Waals surface area contributed by atoms with Crippen LogP contribution in [0.2, 0.25) is 0 Å². The summed E-state index contributed by atoms with van der Waals surface area (Å²) in [6, 6.07) is 9.04. The number of hydrogen-bond acceptors (Lipinski definition) is 6. The van der Waals surface area contributed by atoms with Gasteiger partial charge in [0.1, 0.15) is 0 Å². The molecule has 0 radical (unpaired) electrons. The van der Waals surface area contributed by atoms with Gasteiger partial charge in [0, 0.05) is 22.0 Å². The zero-order valence-corrected chi connectivity index (χ0v) is 18.6. The first-order valence-corrected chi connectivity index (χ1v) is 11.8. The molecule has 2 amide bonds. The third-order valence-electron chi connectivity index (χ3n) is 5.47. The number of carbonyl (C=O) groups excluding carboxylic acids is 2. The molecular formula is C22H24N4O2S2. The molecule has 1 N–H and O–H groups in total. The Morgan fingerprint density at radius 1 is 1.13 bits per heavy atom. The first kappa shape index (κ1) is 20.7. The summed E-state index contributed by atoms with van der Waals surface area (Å²) >= 11 is 2.62. The van der Waals surface area contributed by atoms with Gasteiger partial charge >= 0.3 is 0 Å². The van der Waals surface area contributed by atoms with E-state index in [9.17, 15) is 9.59 Å². The van der Waals surface area contributed by atoms with Crippen LogP contribution in [-0.4, -0.2) is 27.4 Å². The molecule has 0 spiro atoms. The summed E-state index contributed by atoms with van der Waals surface area (Å²) in [5.41, 5.74) is 2.99. The number of aromatic nitrogens is 2. The zero-order valence-electron chi connectivity index (χ0n) is 17.0. The quantitative estimate of drug-likeness (QED) is 0.605. The van der Waals surface area contributed by atoms with Crippen LogP contribution in [0.1, 0.15) is 58.2 Å². The lowest BCUT2D eigenvalue weighted by Crippen LogP contribution is -2.46. The van der Waals surface area contributed by atoms with Crippen LogP contribution >= 0.6 is 22.9 Å². The lowest BCUT2D eigenvalue weighted by molar-refractivity contribution is -0.123. The van der Waals surface area contributed by atoms with Crippen molar-refractivity contribution in [3.05, 3.63) is 62.8 Å². The third-order valence-corrected chi connectivity index (χ3v) is 7.04. The summed E-state index contributed by atoms with van der Waals surface area (Å²) in [5, 5.41) is 10.8. The SMILES string of the molecule is Cc1ccc(N(C(=O)c2csnn2)C(C(=O)NC2CCCC2)c2sccc2C)cc1. The Labute approximate surface area is 184 Å². The second-order valence-electron chi connectivity index (χ2n) is 7.66. The summed E-state index contributed by atoms with van der Waals surface area (Å²) < 4.78 is 3.85. The second kappa shape index (κ2) is 9.06. The fourth-order valence-corrected chi connectivity index (χ4v) is 5.28. The molecule has 1 fully saturated rings. The van der Waals surface area contributed by atoms with Crippen molar-refractivity contribution >= 4 is 40.4 Å². The maximum atomic E-state index is 13.6. The van der Waals surface area contributed by atoms with Crippen molar-refractivity contribution in [3.63, 3.8) is 0 Å². The van der Waals surface area contributed by atoms with Crippen LogP contribution in [0.15, 0.2) is 41.1 Å². The monoisotopic (exact) mass is 440 g/mol. The van der Waals surface area contributed by atoms with Gasteiger partial charge in [-0.05, 0) is 67.4 Å². The Morgan fingerprint density at radius 3 is 2.47 bits per heavy atom. The minimum absolute atomic E-state index is 0.149. The van der Waals surface area contributed by atoms with E-state index in [1.807, 2.05) is 49.6 Å². The van der Waals surface area contributed by atoms with Crippen LogP contribution in [-0.2, 0) is 4.79 Å². The van der Waals surface area contributed by atoms with Gasteiger partial charge in [0.15, 0.2) is 11.7 Å². The number of thiophene rings is 1. The molecule has 0 aliphatic heterocycles. The Balaban J connectivity index is 1.79. The number of nitrogens with one attached hydrogen (secondary N) is 1. The molecule has 1 aliphatic carbocycles. The van der Waals surface area contributed by atoms with Crippen LogP contribution in [0.25, 0.3) is 0 Å². The minimum atomic E-state index is -0.762. The van der Waals surface area contributed by atoms with E-state index in [0.29, 0.717) is 5.69 Å². The zero-order chi connectivity index (χ0) is 21.1. The van der Waals surface area contributed by atoms with Crippen molar-refractivity contribution in [1.82, 2.24) is 14.9 Å². The Kier molecular flexibility index (Phi) is 6.24. The van der Waals surface area contributed by atoms with Gasteiger partial charge in [-0.25, -0.2) is 0 Å². The molecule has 0 bridgehead atoms. The standard InChI is InChI=1S/C22H24N4O2S2/c1-14-7-9-17(10-8-14)26(22(28)18-13-30-25-24-18)19(20-15(2)11-12-29-20)21(27)23-16-5-3-4-6-16/h7-13,16,19H,3-6H2,1-2H3,(H,23,27). The van der Waals surface area contributed by atoms with Crippen LogP contribution in [0.4, 0.5) is 5.69 Å². The van der Waals surface area contributed by atoms with E-state index in [4.69, 9.17) is 0 Å². The van der Waals surface area contributed by atoms with Gasteiger partial charge in [-0.2, -0.15) is 0 Å². The second-order valence-corrected chi connectivity index (χ2v) is 9.22. The summed E-state index contributed by atoms with van der Waals surface area (Å²) in [4.78, 5) is 29.5. The van der Waals surface area contributed by atoms with E-state index in [1.54, 1.807) is 10.3 Å². The van der Waals surface area contributed by atoms with E-state index >= 15 is 0 Å². The van der Waals surface area contributed by atoms with E-state index in [-0.39, 0.29) is 23.6 Å². The van der Waals surface area contributed by atoms with Crippen molar-refractivity contribution < 1.29 is 9.59 Å². The van der Waals surface area contributed by atoms with Gasteiger partial charge in [0.2, 0.25) is 5.91 Å². The molecule has 6 nitrogen and oxygen atoms in total. The van der Waals surface area contributed by atoms with E-state index in [0.717, 1.165) is 53.2 Å². The molecule has 4 rings (SSSR count). The average Bonchev–Trinajstić information content (AvgIpc) is 3.50. The van der Waals surface area contributed by atoms with Crippen molar-refractivity contribution in [1.29, 1.82) is 0 Å². The number of nitrogens with zero attached hydrogens (tertiary/aromatic N) is 3. The third kappa shape index (κ3) is 4.29. The Bertz CT molecular complexity index is 1010. The summed E-state index contributed by atoms with van der Waals surface area (Å²) in [7, 11) is 0. The first-order valence-electron chi connectivity index (χ1n) is 10.1. The highest BCUT2D eigenvalue weighted by molar-refractivity contribution is 7.10. The first-order chi connectivity index (χ1) is 14.5. The highest BCUT2D eigenvalue weighted by Gasteiger charge is 2.37. The number of aryl methyl sites for hydroxylation is 2. The van der Waals surface area contributed by atoms with Crippen LogP contribution in [0.3, 0.4) is 0 Å². The summed E-state index contributed by atoms with van der Waals surface area (Å²) in [6.45, 7) is 3.97. The van der Waals surface area contributed by atoms with Crippen molar-refractivity contribution in [3.8, 4) is 0 Å². The van der Waals surface area contributed by atoms with E-state index in [2.05, 4.69) is 14.9 Å². The lowest BCUT2D eigenvalue weighted by atomic mass is 10.1. The maximum Gasteiger partial charge on any atom is 0.280 e. The normalized spacial score (nSPS) is 15.1. The molecule has 1 aliphatic rings. The van der Waals surface area contributed by atoms with Gasteiger partial charge in [0.05, 0.1) is 0 Å². The predicted octanol–water partition coefficient (Wildman–Crippen LogP) is 4.66. The fraction of sp³-hybridized carbons (Fsp3) is 0.364. The van der Waals surface area contributed by atoms with Gasteiger partial charge in [0.25, 0.3) is 5.91 Å². The number of amides is 2. The summed E-state index contributed by atoms with van der Waals surface area (Å²) in [5.74, 6) is -0.475. The van der Waals surface area contributed by atoms with Crippen molar-refractivity contribution in [2.75, 3.05) is 4.90 Å². The number of hydrogen-bond donors (Lipinski definition) is 1. The molecule has 156 valence electrons. The smallest absolute Gasteiger partial charge is 0.280 e. The molecule has 1 atom stereocenters. The van der Waals surface area contributed by atoms with Crippen LogP contribution in [0, 0.1) is 13.8 Å². The molecule has 1 aromatic carbocycles. The molecule has 2 heterocycles. The van der Waals surface area contributed by atoms with Crippen LogP contribution in [0.5, 0.6) is 0 Å².